The standard InChI is InChI=1S/C22H27NO4/c1-25-15-16-26-21-9-7-19(8-10-21)20-11-13-23(14-12-20)22(24)27-17-18-5-3-2-4-6-18/h2-10,20H,11-17H2,1H3. The van der Waals surface area contributed by atoms with Crippen molar-refractivity contribution in [2.24, 2.45) is 0 Å². The van der Waals surface area contributed by atoms with Gasteiger partial charge in [0.2, 0.25) is 0 Å². The van der Waals surface area contributed by atoms with Crippen LogP contribution in [-0.4, -0.2) is 44.4 Å². The van der Waals surface area contributed by atoms with Crippen molar-refractivity contribution in [2.45, 2.75) is 25.4 Å². The summed E-state index contributed by atoms with van der Waals surface area (Å²) in [6, 6.07) is 18.0. The van der Waals surface area contributed by atoms with Gasteiger partial charge < -0.3 is 19.1 Å². The Labute approximate surface area is 160 Å². The summed E-state index contributed by atoms with van der Waals surface area (Å²) in [5.74, 6) is 1.33. The zero-order valence-electron chi connectivity index (χ0n) is 15.8. The number of likely N-dealkylation sites (tertiary alicyclic amines) is 1. The molecule has 0 saturated carbocycles. The summed E-state index contributed by atoms with van der Waals surface area (Å²) >= 11 is 0. The highest BCUT2D eigenvalue weighted by Gasteiger charge is 2.24. The monoisotopic (exact) mass is 369 g/mol. The molecule has 27 heavy (non-hydrogen) atoms. The Hall–Kier alpha value is -2.53. The number of methoxy groups -OCH3 is 1. The predicted molar refractivity (Wildman–Crippen MR) is 104 cm³/mol. The summed E-state index contributed by atoms with van der Waals surface area (Å²) in [4.78, 5) is 14.1. The molecule has 1 fully saturated rings. The van der Waals surface area contributed by atoms with Crippen molar-refractivity contribution in [1.29, 1.82) is 0 Å². The van der Waals surface area contributed by atoms with Crippen LogP contribution in [0.2, 0.25) is 0 Å². The number of ether oxygens (including phenoxy) is 3. The molecule has 3 rings (SSSR count). The van der Waals surface area contributed by atoms with Crippen LogP contribution in [0.5, 0.6) is 5.75 Å². The molecule has 1 heterocycles. The predicted octanol–water partition coefficient (Wildman–Crippen LogP) is 4.23. The summed E-state index contributed by atoms with van der Waals surface area (Å²) in [6.07, 6.45) is 1.67. The molecule has 0 aliphatic carbocycles. The Morgan fingerprint density at radius 2 is 1.70 bits per heavy atom. The number of nitrogens with zero attached hydrogens (tertiary/aromatic N) is 1. The van der Waals surface area contributed by atoms with Gasteiger partial charge in [0.1, 0.15) is 19.0 Å². The maximum absolute atomic E-state index is 12.3. The van der Waals surface area contributed by atoms with Crippen LogP contribution in [0.4, 0.5) is 4.79 Å². The van der Waals surface area contributed by atoms with Crippen molar-refractivity contribution < 1.29 is 19.0 Å². The van der Waals surface area contributed by atoms with Gasteiger partial charge in [0, 0.05) is 20.2 Å². The summed E-state index contributed by atoms with van der Waals surface area (Å²) in [6.45, 7) is 2.92. The molecule has 1 amide bonds. The van der Waals surface area contributed by atoms with E-state index >= 15 is 0 Å². The lowest BCUT2D eigenvalue weighted by Crippen LogP contribution is -2.38. The van der Waals surface area contributed by atoms with Gasteiger partial charge in [-0.15, -0.1) is 0 Å². The fourth-order valence-corrected chi connectivity index (χ4v) is 3.29. The molecule has 0 atom stereocenters. The molecule has 5 nitrogen and oxygen atoms in total. The number of piperidine rings is 1. The molecule has 1 aliphatic rings. The summed E-state index contributed by atoms with van der Waals surface area (Å²) in [7, 11) is 1.66. The van der Waals surface area contributed by atoms with E-state index in [1.54, 1.807) is 7.11 Å². The Morgan fingerprint density at radius 1 is 1.00 bits per heavy atom. The van der Waals surface area contributed by atoms with E-state index in [0.717, 1.165) is 37.2 Å². The van der Waals surface area contributed by atoms with Crippen LogP contribution < -0.4 is 4.74 Å². The Morgan fingerprint density at radius 3 is 2.37 bits per heavy atom. The van der Waals surface area contributed by atoms with Gasteiger partial charge in [-0.1, -0.05) is 42.5 Å². The minimum absolute atomic E-state index is 0.223. The first-order chi connectivity index (χ1) is 13.3. The van der Waals surface area contributed by atoms with E-state index < -0.39 is 0 Å². The molecule has 144 valence electrons. The van der Waals surface area contributed by atoms with Gasteiger partial charge in [-0.25, -0.2) is 4.79 Å². The van der Waals surface area contributed by atoms with Crippen molar-refractivity contribution in [3.63, 3.8) is 0 Å². The molecule has 0 unspecified atom stereocenters. The molecule has 0 bridgehead atoms. The zero-order chi connectivity index (χ0) is 18.9. The van der Waals surface area contributed by atoms with Crippen LogP contribution in [0.15, 0.2) is 54.6 Å². The number of hydrogen-bond donors (Lipinski definition) is 0. The van der Waals surface area contributed by atoms with Crippen molar-refractivity contribution in [3.8, 4) is 5.75 Å². The van der Waals surface area contributed by atoms with E-state index in [1.807, 2.05) is 47.4 Å². The smallest absolute Gasteiger partial charge is 0.410 e. The van der Waals surface area contributed by atoms with Crippen LogP contribution >= 0.6 is 0 Å². The van der Waals surface area contributed by atoms with Gasteiger partial charge in [0.25, 0.3) is 0 Å². The van der Waals surface area contributed by atoms with Crippen molar-refractivity contribution in [3.05, 3.63) is 65.7 Å². The van der Waals surface area contributed by atoms with Crippen molar-refractivity contribution in [1.82, 2.24) is 4.90 Å². The van der Waals surface area contributed by atoms with Crippen LogP contribution in [0.3, 0.4) is 0 Å². The van der Waals surface area contributed by atoms with Gasteiger partial charge in [-0.2, -0.15) is 0 Å². The molecule has 2 aromatic carbocycles. The maximum Gasteiger partial charge on any atom is 0.410 e. The van der Waals surface area contributed by atoms with Gasteiger partial charge in [-0.05, 0) is 42.0 Å². The molecular weight excluding hydrogens is 342 g/mol. The molecule has 1 saturated heterocycles. The van der Waals surface area contributed by atoms with Gasteiger partial charge >= 0.3 is 6.09 Å². The van der Waals surface area contributed by atoms with Crippen molar-refractivity contribution >= 4 is 6.09 Å². The van der Waals surface area contributed by atoms with Gasteiger partial charge in [0.05, 0.1) is 6.61 Å². The fraction of sp³-hybridized carbons (Fsp3) is 0.409. The lowest BCUT2D eigenvalue weighted by molar-refractivity contribution is 0.0870. The van der Waals surface area contributed by atoms with E-state index in [-0.39, 0.29) is 6.09 Å². The lowest BCUT2D eigenvalue weighted by Gasteiger charge is -2.31. The molecule has 0 N–H and O–H groups in total. The quantitative estimate of drug-likeness (QED) is 0.686. The molecular formula is C22H27NO4. The highest BCUT2D eigenvalue weighted by Crippen LogP contribution is 2.29. The van der Waals surface area contributed by atoms with Crippen LogP contribution in [0.25, 0.3) is 0 Å². The maximum atomic E-state index is 12.3. The van der Waals surface area contributed by atoms with E-state index in [0.29, 0.717) is 25.7 Å². The Kier molecular flexibility index (Phi) is 7.11. The van der Waals surface area contributed by atoms with E-state index in [1.165, 1.54) is 5.56 Å². The van der Waals surface area contributed by atoms with Crippen LogP contribution in [0, 0.1) is 0 Å². The Balaban J connectivity index is 1.43. The average Bonchev–Trinajstić information content (AvgIpc) is 2.74. The second kappa shape index (κ2) is 9.97. The molecule has 1 aliphatic heterocycles. The topological polar surface area (TPSA) is 48.0 Å². The highest BCUT2D eigenvalue weighted by atomic mass is 16.6. The van der Waals surface area contributed by atoms with Crippen molar-refractivity contribution in [2.75, 3.05) is 33.4 Å². The molecule has 5 heteroatoms. The van der Waals surface area contributed by atoms with E-state index in [4.69, 9.17) is 14.2 Å². The molecule has 0 aromatic heterocycles. The van der Waals surface area contributed by atoms with Gasteiger partial charge in [-0.3, -0.25) is 0 Å². The number of amides is 1. The third-order valence-electron chi connectivity index (χ3n) is 4.87. The summed E-state index contributed by atoms with van der Waals surface area (Å²) in [5, 5.41) is 0. The molecule has 0 radical (unpaired) electrons. The second-order valence-corrected chi connectivity index (χ2v) is 6.71. The first-order valence-corrected chi connectivity index (χ1v) is 9.43. The number of carbonyl (C=O) groups excluding carboxylic acids is 1. The van der Waals surface area contributed by atoms with Crippen LogP contribution in [-0.2, 0) is 16.1 Å². The Bertz CT molecular complexity index is 694. The van der Waals surface area contributed by atoms with E-state index in [9.17, 15) is 4.79 Å². The summed E-state index contributed by atoms with van der Waals surface area (Å²) in [5.41, 5.74) is 2.31. The minimum Gasteiger partial charge on any atom is -0.491 e. The summed E-state index contributed by atoms with van der Waals surface area (Å²) < 4.78 is 16.0. The SMILES string of the molecule is COCCOc1ccc(C2CCN(C(=O)OCc3ccccc3)CC2)cc1. The number of carbonyl (C=O) groups is 1. The largest absolute Gasteiger partial charge is 0.491 e. The molecule has 0 spiro atoms. The number of hydrogen-bond acceptors (Lipinski definition) is 4. The van der Waals surface area contributed by atoms with E-state index in [2.05, 4.69) is 12.1 Å². The lowest BCUT2D eigenvalue weighted by atomic mass is 9.89. The fourth-order valence-electron chi connectivity index (χ4n) is 3.29. The van der Waals surface area contributed by atoms with Crippen LogP contribution in [0.1, 0.15) is 29.9 Å². The number of rotatable bonds is 7. The minimum atomic E-state index is -0.223. The first kappa shape index (κ1) is 19.2. The number of benzene rings is 2. The highest BCUT2D eigenvalue weighted by molar-refractivity contribution is 5.67. The second-order valence-electron chi connectivity index (χ2n) is 6.71. The van der Waals surface area contributed by atoms with Gasteiger partial charge in [0.15, 0.2) is 0 Å². The third-order valence-corrected chi connectivity index (χ3v) is 4.87. The first-order valence-electron chi connectivity index (χ1n) is 9.43. The normalized spacial score (nSPS) is 14.8. The zero-order valence-corrected chi connectivity index (χ0v) is 15.8. The molecule has 2 aromatic rings. The average molecular weight is 369 g/mol. The third kappa shape index (κ3) is 5.73.